The van der Waals surface area contributed by atoms with E-state index in [9.17, 15) is 4.79 Å². The Morgan fingerprint density at radius 3 is 2.53 bits per heavy atom. The van der Waals surface area contributed by atoms with Gasteiger partial charge in [-0.2, -0.15) is 0 Å². The summed E-state index contributed by atoms with van der Waals surface area (Å²) in [6.07, 6.45) is 0. The molecule has 0 aliphatic carbocycles. The molecular weight excluding hydrogens is 254 g/mol. The highest BCUT2D eigenvalue weighted by Crippen LogP contribution is 2.41. The maximum absolute atomic E-state index is 12.4. The van der Waals surface area contributed by atoms with Crippen molar-refractivity contribution >= 4 is 29.1 Å². The molecule has 1 aliphatic heterocycles. The molecule has 0 spiro atoms. The molecule has 2 nitrogen and oxygen atoms in total. The van der Waals surface area contributed by atoms with Gasteiger partial charge in [0, 0.05) is 5.56 Å². The summed E-state index contributed by atoms with van der Waals surface area (Å²) in [6.45, 7) is 3.97. The zero-order valence-electron chi connectivity index (χ0n) is 9.74. The van der Waals surface area contributed by atoms with Crippen LogP contribution in [0, 0.1) is 5.92 Å². The van der Waals surface area contributed by atoms with Gasteiger partial charge < -0.3 is 5.73 Å². The van der Waals surface area contributed by atoms with Gasteiger partial charge in [-0.1, -0.05) is 29.3 Å². The van der Waals surface area contributed by atoms with E-state index >= 15 is 0 Å². The summed E-state index contributed by atoms with van der Waals surface area (Å²) in [5, 5.41) is 0.297. The Morgan fingerprint density at radius 1 is 1.35 bits per heavy atom. The summed E-state index contributed by atoms with van der Waals surface area (Å²) in [4.78, 5) is 13.6. The van der Waals surface area contributed by atoms with Gasteiger partial charge in [-0.25, -0.2) is 0 Å². The minimum Gasteiger partial charge on any atom is -0.318 e. The predicted molar refractivity (Wildman–Crippen MR) is 73.2 cm³/mol. The van der Waals surface area contributed by atoms with Crippen LogP contribution in [-0.2, 0) is 0 Å². The number of carbonyl (C=O) groups excluding carboxylic acids is 1. The number of Topliss-reactive ketones (excluding diaryl/α,β-unsaturated/α-hetero) is 1. The molecule has 2 atom stereocenters. The second kappa shape index (κ2) is 4.84. The first-order chi connectivity index (χ1) is 8.02. The lowest BCUT2D eigenvalue weighted by molar-refractivity contribution is 0.0940. The average molecular weight is 268 g/mol. The second-order valence-corrected chi connectivity index (χ2v) is 5.94. The smallest absolute Gasteiger partial charge is 0.173 e. The number of nitrogens with two attached hydrogens (primary N) is 1. The first-order valence-corrected chi connectivity index (χ1v) is 6.66. The van der Waals surface area contributed by atoms with Crippen molar-refractivity contribution in [1.82, 2.24) is 0 Å². The molecule has 0 aromatic heterocycles. The van der Waals surface area contributed by atoms with Crippen LogP contribution in [0.25, 0.3) is 0 Å². The van der Waals surface area contributed by atoms with Crippen molar-refractivity contribution in [2.45, 2.75) is 19.2 Å². The van der Waals surface area contributed by atoms with E-state index in [1.165, 1.54) is 0 Å². The Labute approximate surface area is 110 Å². The highest BCUT2D eigenvalue weighted by molar-refractivity contribution is 8.03. The van der Waals surface area contributed by atoms with Crippen molar-refractivity contribution in [3.05, 3.63) is 45.3 Å². The Hall–Kier alpha value is -0.770. The molecule has 0 saturated heterocycles. The molecule has 0 saturated carbocycles. The molecule has 0 amide bonds. The van der Waals surface area contributed by atoms with Crippen LogP contribution >= 0.6 is 23.4 Å². The van der Waals surface area contributed by atoms with Gasteiger partial charge >= 0.3 is 0 Å². The molecule has 2 rings (SSSR count). The molecule has 4 heteroatoms. The van der Waals surface area contributed by atoms with Gasteiger partial charge in [0.15, 0.2) is 5.78 Å². The average Bonchev–Trinajstić information content (AvgIpc) is 2.53. The summed E-state index contributed by atoms with van der Waals surface area (Å²) < 4.78 is 0. The number of benzene rings is 1. The van der Waals surface area contributed by atoms with Crippen LogP contribution < -0.4 is 5.73 Å². The molecule has 17 heavy (non-hydrogen) atoms. The largest absolute Gasteiger partial charge is 0.318 e. The third-order valence-electron chi connectivity index (χ3n) is 3.09. The van der Waals surface area contributed by atoms with Gasteiger partial charge in [-0.3, -0.25) is 4.79 Å². The first kappa shape index (κ1) is 12.7. The maximum atomic E-state index is 12.4. The Kier molecular flexibility index (Phi) is 3.61. The molecule has 1 heterocycles. The number of hydrogen-bond acceptors (Lipinski definition) is 3. The summed E-state index contributed by atoms with van der Waals surface area (Å²) in [7, 11) is 0. The molecule has 2 N–H and O–H groups in total. The van der Waals surface area contributed by atoms with Crippen molar-refractivity contribution in [2.24, 2.45) is 11.7 Å². The highest BCUT2D eigenvalue weighted by atomic mass is 35.5. The normalized spacial score (nSPS) is 24.2. The van der Waals surface area contributed by atoms with Crippen LogP contribution in [0.1, 0.15) is 24.2 Å². The lowest BCUT2D eigenvalue weighted by Gasteiger charge is -2.16. The van der Waals surface area contributed by atoms with Crippen molar-refractivity contribution in [2.75, 3.05) is 0 Å². The van der Waals surface area contributed by atoms with Gasteiger partial charge in [0.1, 0.15) is 0 Å². The Balaban J connectivity index is 2.37. The van der Waals surface area contributed by atoms with Gasteiger partial charge in [-0.05, 0) is 30.9 Å². The number of carbonyl (C=O) groups is 1. The molecule has 2 unspecified atom stereocenters. The third-order valence-corrected chi connectivity index (χ3v) is 4.63. The minimum absolute atomic E-state index is 0.0185. The number of ketones is 1. The third kappa shape index (κ3) is 2.28. The first-order valence-electron chi connectivity index (χ1n) is 5.40. The van der Waals surface area contributed by atoms with Crippen molar-refractivity contribution in [3.63, 3.8) is 0 Å². The monoisotopic (exact) mass is 267 g/mol. The molecule has 90 valence electrons. The van der Waals surface area contributed by atoms with Gasteiger partial charge in [0.25, 0.3) is 0 Å². The lowest BCUT2D eigenvalue weighted by atomic mass is 9.91. The van der Waals surface area contributed by atoms with Crippen molar-refractivity contribution in [3.8, 4) is 0 Å². The van der Waals surface area contributed by atoms with E-state index in [2.05, 4.69) is 0 Å². The minimum atomic E-state index is -0.250. The summed E-state index contributed by atoms with van der Waals surface area (Å²) in [5.74, 6) is -0.232. The molecular formula is C13H14ClNOS. The van der Waals surface area contributed by atoms with E-state index in [0.29, 0.717) is 10.6 Å². The number of thioether (sulfide) groups is 1. The molecule has 0 bridgehead atoms. The quantitative estimate of drug-likeness (QED) is 0.835. The van der Waals surface area contributed by atoms with Gasteiger partial charge in [0.2, 0.25) is 0 Å². The van der Waals surface area contributed by atoms with E-state index in [4.69, 9.17) is 17.3 Å². The van der Waals surface area contributed by atoms with Crippen LogP contribution in [-0.4, -0.2) is 11.2 Å². The fourth-order valence-corrected chi connectivity index (χ4v) is 3.42. The van der Waals surface area contributed by atoms with E-state index in [-0.39, 0.29) is 17.1 Å². The molecule has 1 aromatic carbocycles. The van der Waals surface area contributed by atoms with Crippen molar-refractivity contribution < 1.29 is 4.79 Å². The number of rotatable bonds is 2. The SMILES string of the molecule is CC1=C(C)C(C(=O)c2ccccc2Cl)C(N)S1. The predicted octanol–water partition coefficient (Wildman–Crippen LogP) is 3.46. The number of hydrogen-bond donors (Lipinski definition) is 1. The highest BCUT2D eigenvalue weighted by Gasteiger charge is 2.35. The molecule has 0 radical (unpaired) electrons. The van der Waals surface area contributed by atoms with E-state index in [0.717, 1.165) is 10.5 Å². The van der Waals surface area contributed by atoms with Crippen molar-refractivity contribution in [1.29, 1.82) is 0 Å². The Bertz CT molecular complexity index is 498. The topological polar surface area (TPSA) is 43.1 Å². The second-order valence-electron chi connectivity index (χ2n) is 4.14. The van der Waals surface area contributed by atoms with E-state index in [1.54, 1.807) is 23.9 Å². The molecule has 1 aromatic rings. The molecule has 1 aliphatic rings. The fraction of sp³-hybridized carbons (Fsp3) is 0.308. The Morgan fingerprint density at radius 2 is 2.00 bits per heavy atom. The van der Waals surface area contributed by atoms with Crippen LogP contribution in [0.15, 0.2) is 34.7 Å². The standard InChI is InChI=1S/C13H14ClNOS/c1-7-8(2)17-13(15)11(7)12(16)9-5-3-4-6-10(9)14/h3-6,11,13H,15H2,1-2H3. The van der Waals surface area contributed by atoms with Gasteiger partial charge in [0.05, 0.1) is 16.3 Å². The van der Waals surface area contributed by atoms with Crippen LogP contribution in [0.4, 0.5) is 0 Å². The van der Waals surface area contributed by atoms with Gasteiger partial charge in [-0.15, -0.1) is 11.8 Å². The maximum Gasteiger partial charge on any atom is 0.173 e. The number of halogens is 1. The number of allylic oxidation sites excluding steroid dienone is 1. The lowest BCUT2D eigenvalue weighted by Crippen LogP contribution is -2.30. The zero-order valence-corrected chi connectivity index (χ0v) is 11.3. The van der Waals surface area contributed by atoms with Crippen LogP contribution in [0.2, 0.25) is 5.02 Å². The zero-order chi connectivity index (χ0) is 12.6. The summed E-state index contributed by atoms with van der Waals surface area (Å²) >= 11 is 7.60. The van der Waals surface area contributed by atoms with E-state index in [1.807, 2.05) is 26.0 Å². The van der Waals surface area contributed by atoms with Crippen LogP contribution in [0.5, 0.6) is 0 Å². The van der Waals surface area contributed by atoms with Crippen LogP contribution in [0.3, 0.4) is 0 Å². The molecule has 0 fully saturated rings. The van der Waals surface area contributed by atoms with E-state index < -0.39 is 0 Å². The summed E-state index contributed by atoms with van der Waals surface area (Å²) in [6, 6.07) is 7.12. The summed E-state index contributed by atoms with van der Waals surface area (Å²) in [5.41, 5.74) is 7.63. The fourth-order valence-electron chi connectivity index (χ4n) is 2.00.